The molecule has 0 aliphatic heterocycles. The zero-order valence-electron chi connectivity index (χ0n) is 12.0. The van der Waals surface area contributed by atoms with E-state index in [1.54, 1.807) is 0 Å². The molecule has 3 rings (SSSR count). The van der Waals surface area contributed by atoms with E-state index in [-0.39, 0.29) is 0 Å². The third-order valence-corrected chi connectivity index (χ3v) is 3.94. The number of hydrogen-bond donors (Lipinski definition) is 2. The first-order chi connectivity index (χ1) is 10.3. The Morgan fingerprint density at radius 3 is 2.95 bits per heavy atom. The Balaban J connectivity index is 1.69. The molecule has 1 aromatic carbocycles. The third kappa shape index (κ3) is 3.09. The molecular formula is C17H18ClN3. The highest BCUT2D eigenvalue weighted by molar-refractivity contribution is 6.31. The highest BCUT2D eigenvalue weighted by Gasteiger charge is 2.05. The van der Waals surface area contributed by atoms with Crippen LogP contribution in [0.4, 0.5) is 0 Å². The van der Waals surface area contributed by atoms with E-state index in [0.29, 0.717) is 0 Å². The van der Waals surface area contributed by atoms with E-state index < -0.39 is 0 Å². The van der Waals surface area contributed by atoms with Crippen molar-refractivity contribution in [3.05, 3.63) is 64.6 Å². The van der Waals surface area contributed by atoms with Gasteiger partial charge in [0.15, 0.2) is 0 Å². The first-order valence-electron chi connectivity index (χ1n) is 7.17. The molecule has 4 heteroatoms. The number of aromatic amines is 1. The molecular weight excluding hydrogens is 282 g/mol. The minimum atomic E-state index is 0.755. The number of nitrogens with zero attached hydrogens (tertiary/aromatic N) is 1. The summed E-state index contributed by atoms with van der Waals surface area (Å²) in [6.07, 6.45) is 4.90. The van der Waals surface area contributed by atoms with Gasteiger partial charge in [-0.1, -0.05) is 30.7 Å². The standard InChI is InChI=1S/C17H18ClN3/c1-2-12-4-3-7-20-17(12)11-19-9-13-10-21-16-8-14(18)5-6-15(13)16/h3-8,10,19,21H,2,9,11H2,1H3. The maximum absolute atomic E-state index is 6.00. The van der Waals surface area contributed by atoms with Gasteiger partial charge in [-0.15, -0.1) is 0 Å². The van der Waals surface area contributed by atoms with Gasteiger partial charge >= 0.3 is 0 Å². The lowest BCUT2D eigenvalue weighted by Gasteiger charge is -2.07. The summed E-state index contributed by atoms with van der Waals surface area (Å²) >= 11 is 6.00. The van der Waals surface area contributed by atoms with Gasteiger partial charge in [0, 0.05) is 41.4 Å². The first-order valence-corrected chi connectivity index (χ1v) is 7.54. The number of nitrogens with one attached hydrogen (secondary N) is 2. The van der Waals surface area contributed by atoms with Crippen LogP contribution in [0.3, 0.4) is 0 Å². The van der Waals surface area contributed by atoms with Gasteiger partial charge in [0.1, 0.15) is 0 Å². The number of rotatable bonds is 5. The monoisotopic (exact) mass is 299 g/mol. The van der Waals surface area contributed by atoms with Crippen molar-refractivity contribution in [3.8, 4) is 0 Å². The predicted octanol–water partition coefficient (Wildman–Crippen LogP) is 4.07. The first kappa shape index (κ1) is 14.1. The summed E-state index contributed by atoms with van der Waals surface area (Å²) in [4.78, 5) is 7.71. The molecule has 2 aromatic heterocycles. The van der Waals surface area contributed by atoms with Crippen LogP contribution in [0.5, 0.6) is 0 Å². The Hall–Kier alpha value is -1.84. The van der Waals surface area contributed by atoms with Gasteiger partial charge < -0.3 is 10.3 Å². The molecule has 0 spiro atoms. The molecule has 0 aliphatic rings. The van der Waals surface area contributed by atoms with Gasteiger partial charge in [-0.05, 0) is 35.7 Å². The largest absolute Gasteiger partial charge is 0.361 e. The second-order valence-corrected chi connectivity index (χ2v) is 5.51. The SMILES string of the molecule is CCc1cccnc1CNCc1c[nH]c2cc(Cl)ccc12. The summed E-state index contributed by atoms with van der Waals surface area (Å²) in [5.41, 5.74) is 4.75. The number of halogens is 1. The van der Waals surface area contributed by atoms with Crippen LogP contribution in [0.2, 0.25) is 5.02 Å². The Labute approximate surface area is 129 Å². The molecule has 2 heterocycles. The highest BCUT2D eigenvalue weighted by Crippen LogP contribution is 2.22. The lowest BCUT2D eigenvalue weighted by atomic mass is 10.1. The van der Waals surface area contributed by atoms with E-state index in [0.717, 1.165) is 35.7 Å². The number of benzene rings is 1. The lowest BCUT2D eigenvalue weighted by Crippen LogP contribution is -2.14. The van der Waals surface area contributed by atoms with E-state index >= 15 is 0 Å². The molecule has 3 aromatic rings. The van der Waals surface area contributed by atoms with Crippen molar-refractivity contribution >= 4 is 22.5 Å². The maximum atomic E-state index is 6.00. The normalized spacial score (nSPS) is 11.1. The Bertz CT molecular complexity index is 749. The summed E-state index contributed by atoms with van der Waals surface area (Å²) < 4.78 is 0. The average Bonchev–Trinajstić information content (AvgIpc) is 2.90. The average molecular weight is 300 g/mol. The van der Waals surface area contributed by atoms with Gasteiger partial charge in [-0.25, -0.2) is 0 Å². The fourth-order valence-corrected chi connectivity index (χ4v) is 2.74. The number of pyridine rings is 1. The van der Waals surface area contributed by atoms with Crippen LogP contribution in [0.1, 0.15) is 23.7 Å². The molecule has 3 nitrogen and oxygen atoms in total. The Kier molecular flexibility index (Phi) is 4.23. The van der Waals surface area contributed by atoms with E-state index in [9.17, 15) is 0 Å². The molecule has 0 fully saturated rings. The molecule has 0 atom stereocenters. The number of aryl methyl sites for hydroxylation is 1. The van der Waals surface area contributed by atoms with Crippen molar-refractivity contribution in [2.75, 3.05) is 0 Å². The summed E-state index contributed by atoms with van der Waals surface area (Å²) in [5.74, 6) is 0. The van der Waals surface area contributed by atoms with Gasteiger partial charge in [-0.3, -0.25) is 4.98 Å². The van der Waals surface area contributed by atoms with Gasteiger partial charge in [0.2, 0.25) is 0 Å². The second kappa shape index (κ2) is 6.29. The number of H-pyrrole nitrogens is 1. The van der Waals surface area contributed by atoms with Crippen molar-refractivity contribution in [3.63, 3.8) is 0 Å². The maximum Gasteiger partial charge on any atom is 0.0573 e. The smallest absolute Gasteiger partial charge is 0.0573 e. The third-order valence-electron chi connectivity index (χ3n) is 3.70. The molecule has 0 saturated heterocycles. The second-order valence-electron chi connectivity index (χ2n) is 5.07. The molecule has 108 valence electrons. The fourth-order valence-electron chi connectivity index (χ4n) is 2.57. The fraction of sp³-hybridized carbons (Fsp3) is 0.235. The predicted molar refractivity (Wildman–Crippen MR) is 87.5 cm³/mol. The minimum Gasteiger partial charge on any atom is -0.361 e. The number of aromatic nitrogens is 2. The highest BCUT2D eigenvalue weighted by atomic mass is 35.5. The van der Waals surface area contributed by atoms with Crippen molar-refractivity contribution in [2.24, 2.45) is 0 Å². The zero-order valence-corrected chi connectivity index (χ0v) is 12.7. The van der Waals surface area contributed by atoms with E-state index in [2.05, 4.69) is 34.3 Å². The van der Waals surface area contributed by atoms with Crippen LogP contribution in [0.15, 0.2) is 42.7 Å². The van der Waals surface area contributed by atoms with Gasteiger partial charge in [0.05, 0.1) is 5.69 Å². The number of fused-ring (bicyclic) bond motifs is 1. The van der Waals surface area contributed by atoms with Crippen molar-refractivity contribution in [1.29, 1.82) is 0 Å². The lowest BCUT2D eigenvalue weighted by molar-refractivity contribution is 0.676. The van der Waals surface area contributed by atoms with Crippen LogP contribution < -0.4 is 5.32 Å². The molecule has 21 heavy (non-hydrogen) atoms. The van der Waals surface area contributed by atoms with E-state index in [1.807, 2.05) is 30.6 Å². The molecule has 2 N–H and O–H groups in total. The molecule has 0 radical (unpaired) electrons. The zero-order chi connectivity index (χ0) is 14.7. The van der Waals surface area contributed by atoms with E-state index in [1.165, 1.54) is 16.5 Å². The molecule has 0 unspecified atom stereocenters. The molecule has 0 aliphatic carbocycles. The molecule has 0 saturated carbocycles. The molecule has 0 amide bonds. The molecule has 0 bridgehead atoms. The van der Waals surface area contributed by atoms with E-state index in [4.69, 9.17) is 11.6 Å². The van der Waals surface area contributed by atoms with Crippen LogP contribution in [0.25, 0.3) is 10.9 Å². The van der Waals surface area contributed by atoms with Crippen LogP contribution in [-0.4, -0.2) is 9.97 Å². The van der Waals surface area contributed by atoms with Crippen LogP contribution in [0, 0.1) is 0 Å². The number of hydrogen-bond acceptors (Lipinski definition) is 2. The van der Waals surface area contributed by atoms with Gasteiger partial charge in [0.25, 0.3) is 0 Å². The Morgan fingerprint density at radius 2 is 2.10 bits per heavy atom. The summed E-state index contributed by atoms with van der Waals surface area (Å²) in [6, 6.07) is 10.1. The van der Waals surface area contributed by atoms with Crippen LogP contribution in [-0.2, 0) is 19.5 Å². The topological polar surface area (TPSA) is 40.7 Å². The van der Waals surface area contributed by atoms with Crippen LogP contribution >= 0.6 is 11.6 Å². The quantitative estimate of drug-likeness (QED) is 0.745. The summed E-state index contributed by atoms with van der Waals surface area (Å²) in [5, 5.41) is 5.44. The van der Waals surface area contributed by atoms with Gasteiger partial charge in [-0.2, -0.15) is 0 Å². The summed E-state index contributed by atoms with van der Waals surface area (Å²) in [7, 11) is 0. The van der Waals surface area contributed by atoms with Crippen molar-refractivity contribution in [1.82, 2.24) is 15.3 Å². The summed E-state index contributed by atoms with van der Waals surface area (Å²) in [6.45, 7) is 3.75. The van der Waals surface area contributed by atoms with Crippen molar-refractivity contribution in [2.45, 2.75) is 26.4 Å². The minimum absolute atomic E-state index is 0.755. The van der Waals surface area contributed by atoms with Crippen molar-refractivity contribution < 1.29 is 0 Å². The Morgan fingerprint density at radius 1 is 1.19 bits per heavy atom.